The van der Waals surface area contributed by atoms with E-state index in [1.54, 1.807) is 36.3 Å². The first kappa shape index (κ1) is 30.0. The molecule has 2 aromatic carbocycles. The lowest BCUT2D eigenvalue weighted by molar-refractivity contribution is 0.0308. The van der Waals surface area contributed by atoms with Crippen LogP contribution in [0.3, 0.4) is 0 Å². The number of piperidine rings is 1. The van der Waals surface area contributed by atoms with Crippen molar-refractivity contribution in [2.75, 3.05) is 33.3 Å². The van der Waals surface area contributed by atoms with Crippen molar-refractivity contribution in [3.8, 4) is 11.5 Å². The number of aromatic nitrogens is 1. The molecule has 2 bridgehead atoms. The summed E-state index contributed by atoms with van der Waals surface area (Å²) in [6.07, 6.45) is 4.84. The SMILES string of the molecule is COc1ccc(S(=O)(=O)N2CCN(C(=O)c3cc4cc(OC5C[C@H]6CC[C@@H](C5)N6C(C)C)ccc4n3C(C)C)CC2)cc1. The number of rotatable bonds is 8. The highest BCUT2D eigenvalue weighted by atomic mass is 32.2. The predicted octanol–water partition coefficient (Wildman–Crippen LogP) is 5.16. The third-order valence-electron chi connectivity index (χ3n) is 9.41. The van der Waals surface area contributed by atoms with Crippen LogP contribution < -0.4 is 9.47 Å². The lowest BCUT2D eigenvalue weighted by Crippen LogP contribution is -2.50. The molecule has 10 heteroatoms. The van der Waals surface area contributed by atoms with Gasteiger partial charge in [0.2, 0.25) is 10.0 Å². The molecule has 0 radical (unpaired) electrons. The minimum Gasteiger partial charge on any atom is -0.497 e. The minimum absolute atomic E-state index is 0.0773. The summed E-state index contributed by atoms with van der Waals surface area (Å²) in [5.74, 6) is 1.38. The molecule has 3 aliphatic heterocycles. The number of hydrogen-bond donors (Lipinski definition) is 0. The summed E-state index contributed by atoms with van der Waals surface area (Å²) >= 11 is 0. The molecule has 0 N–H and O–H groups in total. The van der Waals surface area contributed by atoms with Crippen LogP contribution >= 0.6 is 0 Å². The highest BCUT2D eigenvalue weighted by molar-refractivity contribution is 7.89. The molecule has 0 saturated carbocycles. The smallest absolute Gasteiger partial charge is 0.270 e. The third kappa shape index (κ3) is 5.65. The Morgan fingerprint density at radius 3 is 2.05 bits per heavy atom. The number of nitrogens with zero attached hydrogens (tertiary/aromatic N) is 4. The number of hydrogen-bond acceptors (Lipinski definition) is 6. The average molecular weight is 609 g/mol. The lowest BCUT2D eigenvalue weighted by Gasteiger charge is -2.41. The van der Waals surface area contributed by atoms with E-state index >= 15 is 0 Å². The molecule has 232 valence electrons. The standard InChI is InChI=1S/C33H44N4O5S/c1-22(2)36-25-6-7-26(36)21-29(20-25)42-28-10-13-31-24(18-28)19-32(37(31)23(3)4)33(38)34-14-16-35(17-15-34)43(39,40)30-11-8-27(41-5)9-12-30/h8-13,18-19,22-23,25-26,29H,6-7,14-17,20-21H2,1-5H3/t25-,26+,29?. The number of benzene rings is 2. The van der Waals surface area contributed by atoms with E-state index in [-0.39, 0.29) is 36.0 Å². The van der Waals surface area contributed by atoms with Gasteiger partial charge in [-0.1, -0.05) is 0 Å². The normalized spacial score (nSPS) is 23.4. The second-order valence-corrected chi connectivity index (χ2v) is 14.7. The molecule has 4 heterocycles. The summed E-state index contributed by atoms with van der Waals surface area (Å²) < 4.78 is 41.7. The van der Waals surface area contributed by atoms with Crippen LogP contribution in [-0.2, 0) is 10.0 Å². The fraction of sp³-hybridized carbons (Fsp3) is 0.545. The maximum absolute atomic E-state index is 13.8. The zero-order chi connectivity index (χ0) is 30.5. The van der Waals surface area contributed by atoms with Crippen LogP contribution in [0.2, 0.25) is 0 Å². The van der Waals surface area contributed by atoms with Gasteiger partial charge in [0, 0.05) is 61.2 Å². The number of amides is 1. The van der Waals surface area contributed by atoms with Crippen molar-refractivity contribution in [1.29, 1.82) is 0 Å². The molecule has 1 amide bonds. The molecule has 6 rings (SSSR count). The Morgan fingerprint density at radius 2 is 1.47 bits per heavy atom. The van der Waals surface area contributed by atoms with Crippen molar-refractivity contribution in [2.24, 2.45) is 0 Å². The zero-order valence-electron chi connectivity index (χ0n) is 25.9. The van der Waals surface area contributed by atoms with Crippen molar-refractivity contribution >= 4 is 26.8 Å². The Hall–Kier alpha value is -3.08. The second-order valence-electron chi connectivity index (χ2n) is 12.7. The molecule has 43 heavy (non-hydrogen) atoms. The molecular formula is C33H44N4O5S. The van der Waals surface area contributed by atoms with E-state index in [1.165, 1.54) is 17.1 Å². The van der Waals surface area contributed by atoms with Gasteiger partial charge in [0.15, 0.2) is 0 Å². The Balaban J connectivity index is 1.16. The number of carbonyl (C=O) groups excluding carboxylic acids is 1. The highest BCUT2D eigenvalue weighted by Crippen LogP contribution is 2.39. The van der Waals surface area contributed by atoms with Gasteiger partial charge in [-0.2, -0.15) is 4.31 Å². The van der Waals surface area contributed by atoms with Crippen molar-refractivity contribution in [2.45, 2.75) is 88.5 Å². The largest absolute Gasteiger partial charge is 0.497 e. The van der Waals surface area contributed by atoms with E-state index < -0.39 is 10.0 Å². The molecule has 3 fully saturated rings. The van der Waals surface area contributed by atoms with Crippen LogP contribution in [0.4, 0.5) is 0 Å². The molecular weight excluding hydrogens is 564 g/mol. The second kappa shape index (κ2) is 11.8. The number of sulfonamides is 1. The lowest BCUT2D eigenvalue weighted by atomic mass is 9.98. The summed E-state index contributed by atoms with van der Waals surface area (Å²) in [4.78, 5) is 18.5. The van der Waals surface area contributed by atoms with Crippen molar-refractivity contribution in [3.05, 3.63) is 54.2 Å². The van der Waals surface area contributed by atoms with Gasteiger partial charge < -0.3 is 18.9 Å². The number of carbonyl (C=O) groups is 1. The van der Waals surface area contributed by atoms with Gasteiger partial charge in [-0.3, -0.25) is 9.69 Å². The fourth-order valence-electron chi connectivity index (χ4n) is 7.49. The van der Waals surface area contributed by atoms with E-state index in [0.717, 1.165) is 29.5 Å². The molecule has 3 aliphatic rings. The summed E-state index contributed by atoms with van der Waals surface area (Å²) in [6.45, 7) is 9.91. The monoisotopic (exact) mass is 608 g/mol. The van der Waals surface area contributed by atoms with Crippen LogP contribution in [-0.4, -0.2) is 90.5 Å². The van der Waals surface area contributed by atoms with Gasteiger partial charge in [-0.05, 0) is 102 Å². The van der Waals surface area contributed by atoms with Crippen LogP contribution in [0.5, 0.6) is 11.5 Å². The topological polar surface area (TPSA) is 84.3 Å². The number of ether oxygens (including phenoxy) is 2. The third-order valence-corrected chi connectivity index (χ3v) is 11.3. The maximum Gasteiger partial charge on any atom is 0.270 e. The van der Waals surface area contributed by atoms with Gasteiger partial charge in [0.25, 0.3) is 5.91 Å². The van der Waals surface area contributed by atoms with Crippen molar-refractivity contribution in [1.82, 2.24) is 18.7 Å². The first-order valence-electron chi connectivity index (χ1n) is 15.6. The van der Waals surface area contributed by atoms with E-state index in [4.69, 9.17) is 9.47 Å². The van der Waals surface area contributed by atoms with Crippen molar-refractivity contribution < 1.29 is 22.7 Å². The number of piperazine rings is 1. The Bertz CT molecular complexity index is 1560. The maximum atomic E-state index is 13.8. The van der Waals surface area contributed by atoms with Gasteiger partial charge in [-0.15, -0.1) is 0 Å². The van der Waals surface area contributed by atoms with E-state index in [9.17, 15) is 13.2 Å². The minimum atomic E-state index is -3.65. The van der Waals surface area contributed by atoms with Gasteiger partial charge in [-0.25, -0.2) is 8.42 Å². The van der Waals surface area contributed by atoms with Gasteiger partial charge >= 0.3 is 0 Å². The Morgan fingerprint density at radius 1 is 0.837 bits per heavy atom. The predicted molar refractivity (Wildman–Crippen MR) is 167 cm³/mol. The summed E-state index contributed by atoms with van der Waals surface area (Å²) in [5.41, 5.74) is 1.62. The average Bonchev–Trinajstić information content (AvgIpc) is 3.51. The summed E-state index contributed by atoms with van der Waals surface area (Å²) in [5, 5.41) is 0.984. The van der Waals surface area contributed by atoms with Crippen LogP contribution in [0.1, 0.15) is 69.9 Å². The van der Waals surface area contributed by atoms with Gasteiger partial charge in [0.1, 0.15) is 23.3 Å². The Labute approximate surface area is 255 Å². The quantitative estimate of drug-likeness (QED) is 0.351. The molecule has 3 atom stereocenters. The van der Waals surface area contributed by atoms with E-state index in [1.807, 2.05) is 12.1 Å². The van der Waals surface area contributed by atoms with Crippen LogP contribution in [0.25, 0.3) is 10.9 Å². The Kier molecular flexibility index (Phi) is 8.21. The molecule has 1 aromatic heterocycles. The molecule has 0 aliphatic carbocycles. The van der Waals surface area contributed by atoms with E-state index in [0.29, 0.717) is 42.7 Å². The number of fused-ring (bicyclic) bond motifs is 3. The molecule has 3 saturated heterocycles. The molecule has 3 aromatic rings. The van der Waals surface area contributed by atoms with Crippen LogP contribution in [0, 0.1) is 0 Å². The first-order chi connectivity index (χ1) is 20.6. The molecule has 9 nitrogen and oxygen atoms in total. The fourth-order valence-corrected chi connectivity index (χ4v) is 8.92. The van der Waals surface area contributed by atoms with Crippen LogP contribution in [0.15, 0.2) is 53.4 Å². The summed E-state index contributed by atoms with van der Waals surface area (Å²) in [6, 6.07) is 16.4. The van der Waals surface area contributed by atoms with Gasteiger partial charge in [0.05, 0.1) is 12.0 Å². The van der Waals surface area contributed by atoms with Crippen molar-refractivity contribution in [3.63, 3.8) is 0 Å². The first-order valence-corrected chi connectivity index (χ1v) is 17.0. The van der Waals surface area contributed by atoms with E-state index in [2.05, 4.69) is 49.3 Å². The zero-order valence-corrected chi connectivity index (χ0v) is 26.7. The number of methoxy groups -OCH3 is 1. The molecule has 1 unspecified atom stereocenters. The highest BCUT2D eigenvalue weighted by Gasteiger charge is 2.42. The summed E-state index contributed by atoms with van der Waals surface area (Å²) in [7, 11) is -2.11. The molecule has 0 spiro atoms.